The predicted octanol–water partition coefficient (Wildman–Crippen LogP) is 7.09. The molecule has 1 saturated heterocycles. The van der Waals surface area contributed by atoms with Gasteiger partial charge in [0.15, 0.2) is 0 Å². The number of carbonyl (C=O) groups is 2. The van der Waals surface area contributed by atoms with Crippen molar-refractivity contribution in [3.05, 3.63) is 69.2 Å². The third kappa shape index (κ3) is 6.60. The molecule has 222 valence electrons. The van der Waals surface area contributed by atoms with Crippen molar-refractivity contribution in [2.75, 3.05) is 0 Å². The predicted molar refractivity (Wildman–Crippen MR) is 141 cm³/mol. The lowest BCUT2D eigenvalue weighted by atomic mass is 9.60. The molecule has 3 N–H and O–H groups in total. The topological polar surface area (TPSA) is 110 Å². The zero-order valence-electron chi connectivity index (χ0n) is 21.7. The summed E-state index contributed by atoms with van der Waals surface area (Å²) < 4.78 is 62.6. The summed E-state index contributed by atoms with van der Waals surface area (Å²) in [5.74, 6) is -6.68. The highest BCUT2D eigenvalue weighted by atomic mass is 35.5. The fraction of sp³-hybridized carbons (Fsp3) is 0.464. The lowest BCUT2D eigenvalue weighted by Gasteiger charge is -2.40. The summed E-state index contributed by atoms with van der Waals surface area (Å²) in [6, 6.07) is 8.53. The van der Waals surface area contributed by atoms with Crippen LogP contribution in [-0.2, 0) is 15.0 Å². The Labute approximate surface area is 243 Å². The van der Waals surface area contributed by atoms with Crippen LogP contribution in [0.1, 0.15) is 56.1 Å². The standard InChI is InChI=1S/C26H26Cl2F2N2O2.C2HF3O2/c1-14(15-6-3-2-4-7-15)24-26(13-31,18-11-10-16(27)12-20(18)29)21(23(32-24)25(33)34)17-8-5-9-19(28)22(17)30;3-2(4,5)1(6)7/h5,8-12,14-15,21,23-24,32H,2-4,6-7H2,1H3,(H,33,34);(H,6,7)/t14?,21-,23+,24-,26+;/m0./s1. The molecule has 2 aliphatic rings. The second-order valence-corrected chi connectivity index (χ2v) is 11.1. The van der Waals surface area contributed by atoms with Crippen LogP contribution in [0.3, 0.4) is 0 Å². The summed E-state index contributed by atoms with van der Waals surface area (Å²) in [6.07, 6.45) is 0.0248. The van der Waals surface area contributed by atoms with E-state index in [1.807, 2.05) is 6.92 Å². The summed E-state index contributed by atoms with van der Waals surface area (Å²) in [7, 11) is 0. The van der Waals surface area contributed by atoms with Gasteiger partial charge in [-0.15, -0.1) is 0 Å². The fourth-order valence-electron chi connectivity index (χ4n) is 6.13. The molecule has 2 aromatic carbocycles. The third-order valence-corrected chi connectivity index (χ3v) is 8.51. The van der Waals surface area contributed by atoms with Crippen molar-refractivity contribution >= 4 is 35.1 Å². The Morgan fingerprint density at radius 2 is 1.71 bits per heavy atom. The number of nitrogens with one attached hydrogen (secondary N) is 1. The lowest BCUT2D eigenvalue weighted by Crippen LogP contribution is -2.49. The quantitative estimate of drug-likeness (QED) is 0.308. The molecule has 1 unspecified atom stereocenters. The number of halogens is 7. The molecule has 5 atom stereocenters. The third-order valence-electron chi connectivity index (χ3n) is 7.98. The van der Waals surface area contributed by atoms with Gasteiger partial charge in [0.2, 0.25) is 0 Å². The highest BCUT2D eigenvalue weighted by molar-refractivity contribution is 6.31. The minimum atomic E-state index is -5.08. The molecular formula is C28H27Cl2F5N2O4. The van der Waals surface area contributed by atoms with Crippen molar-refractivity contribution in [2.24, 2.45) is 11.8 Å². The Morgan fingerprint density at radius 1 is 1.10 bits per heavy atom. The summed E-state index contributed by atoms with van der Waals surface area (Å²) in [5.41, 5.74) is -1.73. The van der Waals surface area contributed by atoms with E-state index in [9.17, 15) is 28.3 Å². The molecule has 13 heteroatoms. The van der Waals surface area contributed by atoms with Crippen molar-refractivity contribution in [1.29, 1.82) is 5.26 Å². The number of benzene rings is 2. The summed E-state index contributed by atoms with van der Waals surface area (Å²) in [5, 5.41) is 31.1. The van der Waals surface area contributed by atoms with E-state index in [-0.39, 0.29) is 33.0 Å². The molecule has 0 radical (unpaired) electrons. The van der Waals surface area contributed by atoms with Gasteiger partial charge in [-0.1, -0.05) is 80.4 Å². The number of aliphatic carboxylic acids is 2. The maximum atomic E-state index is 15.5. The minimum Gasteiger partial charge on any atom is -0.480 e. The molecule has 0 spiro atoms. The average Bonchev–Trinajstić information content (AvgIpc) is 3.26. The number of nitrogens with zero attached hydrogens (tertiary/aromatic N) is 1. The molecule has 41 heavy (non-hydrogen) atoms. The molecule has 0 aromatic heterocycles. The number of carboxylic acid groups (broad SMARTS) is 2. The van der Waals surface area contributed by atoms with Crippen LogP contribution in [0.2, 0.25) is 10.0 Å². The highest BCUT2D eigenvalue weighted by Crippen LogP contribution is 2.53. The van der Waals surface area contributed by atoms with Crippen molar-refractivity contribution in [3.8, 4) is 6.07 Å². The Morgan fingerprint density at radius 3 is 2.22 bits per heavy atom. The van der Waals surface area contributed by atoms with Gasteiger partial charge >= 0.3 is 18.1 Å². The highest BCUT2D eigenvalue weighted by Gasteiger charge is 2.62. The van der Waals surface area contributed by atoms with Gasteiger partial charge in [0, 0.05) is 22.5 Å². The van der Waals surface area contributed by atoms with E-state index in [0.29, 0.717) is 0 Å². The first-order valence-corrected chi connectivity index (χ1v) is 13.5. The molecule has 1 aliphatic heterocycles. The summed E-state index contributed by atoms with van der Waals surface area (Å²) in [4.78, 5) is 21.4. The molecule has 0 bridgehead atoms. The Balaban J connectivity index is 0.000000587. The van der Waals surface area contributed by atoms with Crippen LogP contribution in [0.4, 0.5) is 22.0 Å². The number of nitriles is 1. The molecule has 2 fully saturated rings. The molecule has 0 amide bonds. The number of hydrogen-bond acceptors (Lipinski definition) is 4. The van der Waals surface area contributed by atoms with Crippen molar-refractivity contribution in [1.82, 2.24) is 5.32 Å². The second-order valence-electron chi connectivity index (χ2n) is 10.2. The minimum absolute atomic E-state index is 0.00712. The van der Waals surface area contributed by atoms with E-state index in [1.165, 1.54) is 30.3 Å². The van der Waals surface area contributed by atoms with Crippen LogP contribution in [0.25, 0.3) is 0 Å². The Kier molecular flexibility index (Phi) is 10.3. The molecular weight excluding hydrogens is 594 g/mol. The van der Waals surface area contributed by atoms with Gasteiger partial charge in [0.05, 0.1) is 11.1 Å². The first kappa shape index (κ1) is 32.6. The largest absolute Gasteiger partial charge is 0.490 e. The molecule has 1 heterocycles. The number of carboxylic acids is 2. The van der Waals surface area contributed by atoms with Crippen LogP contribution in [0.15, 0.2) is 36.4 Å². The molecule has 1 saturated carbocycles. The van der Waals surface area contributed by atoms with E-state index < -0.39 is 53.2 Å². The van der Waals surface area contributed by atoms with Crippen molar-refractivity contribution < 1.29 is 41.8 Å². The van der Waals surface area contributed by atoms with Crippen LogP contribution < -0.4 is 5.32 Å². The number of hydrogen-bond donors (Lipinski definition) is 3. The Bertz CT molecular complexity index is 1330. The smallest absolute Gasteiger partial charge is 0.480 e. The van der Waals surface area contributed by atoms with Gasteiger partial charge in [0.25, 0.3) is 0 Å². The van der Waals surface area contributed by atoms with E-state index in [4.69, 9.17) is 33.1 Å². The van der Waals surface area contributed by atoms with Gasteiger partial charge < -0.3 is 10.2 Å². The first-order chi connectivity index (χ1) is 19.2. The zero-order chi connectivity index (χ0) is 30.7. The van der Waals surface area contributed by atoms with E-state index in [2.05, 4.69) is 11.4 Å². The van der Waals surface area contributed by atoms with Crippen LogP contribution in [0, 0.1) is 34.8 Å². The van der Waals surface area contributed by atoms with Gasteiger partial charge in [-0.2, -0.15) is 18.4 Å². The van der Waals surface area contributed by atoms with Crippen molar-refractivity contribution in [3.63, 3.8) is 0 Å². The zero-order valence-corrected chi connectivity index (χ0v) is 23.2. The van der Waals surface area contributed by atoms with E-state index in [1.54, 1.807) is 0 Å². The normalized spacial score (nSPS) is 25.5. The fourth-order valence-corrected chi connectivity index (χ4v) is 6.48. The van der Waals surface area contributed by atoms with Crippen LogP contribution >= 0.6 is 23.2 Å². The van der Waals surface area contributed by atoms with Gasteiger partial charge in [-0.3, -0.25) is 10.1 Å². The molecule has 2 aromatic rings. The van der Waals surface area contributed by atoms with Gasteiger partial charge in [-0.05, 0) is 35.6 Å². The number of rotatable bonds is 5. The maximum Gasteiger partial charge on any atom is 0.490 e. The maximum absolute atomic E-state index is 15.5. The van der Waals surface area contributed by atoms with E-state index in [0.717, 1.165) is 38.2 Å². The van der Waals surface area contributed by atoms with Crippen molar-refractivity contribution in [2.45, 2.75) is 68.6 Å². The molecule has 4 rings (SSSR count). The summed E-state index contributed by atoms with van der Waals surface area (Å²) in [6.45, 7) is 1.98. The molecule has 1 aliphatic carbocycles. The van der Waals surface area contributed by atoms with Gasteiger partial charge in [-0.25, -0.2) is 13.6 Å². The van der Waals surface area contributed by atoms with E-state index >= 15 is 8.78 Å². The first-order valence-electron chi connectivity index (χ1n) is 12.8. The SMILES string of the molecule is CC(C1CCCCC1)[C@@H]1N[C@@H](C(=O)O)[C@H](c2cccc(Cl)c2F)[C@@]1(C#N)c1ccc(Cl)cc1F.O=C(O)C(F)(F)F. The van der Waals surface area contributed by atoms with Gasteiger partial charge in [0.1, 0.15) is 23.1 Å². The Hall–Kier alpha value is -2.94. The van der Waals surface area contributed by atoms with Crippen LogP contribution in [0.5, 0.6) is 0 Å². The summed E-state index contributed by atoms with van der Waals surface area (Å²) >= 11 is 12.1. The van der Waals surface area contributed by atoms with Crippen LogP contribution in [-0.4, -0.2) is 40.4 Å². The number of alkyl halides is 3. The monoisotopic (exact) mass is 620 g/mol. The average molecular weight is 621 g/mol. The second kappa shape index (κ2) is 12.9. The lowest BCUT2D eigenvalue weighted by molar-refractivity contribution is -0.192. The molecule has 6 nitrogen and oxygen atoms in total.